The smallest absolute Gasteiger partial charge is 0.329 e. The molecule has 154 valence electrons. The molecule has 0 saturated carbocycles. The summed E-state index contributed by atoms with van der Waals surface area (Å²) in [4.78, 5) is 23.9. The van der Waals surface area contributed by atoms with Crippen LogP contribution in [0.5, 0.6) is 0 Å². The summed E-state index contributed by atoms with van der Waals surface area (Å²) < 4.78 is 42.4. The molecule has 4 aromatic rings. The lowest BCUT2D eigenvalue weighted by Crippen LogP contribution is -2.20. The average molecular weight is 433 g/mol. The van der Waals surface area contributed by atoms with Crippen LogP contribution >= 0.6 is 11.3 Å². The largest absolute Gasteiger partial charge is 0.471 e. The third kappa shape index (κ3) is 4.27. The Bertz CT molecular complexity index is 1140. The van der Waals surface area contributed by atoms with Gasteiger partial charge in [-0.15, -0.1) is 11.3 Å². The number of alkyl halides is 3. The van der Waals surface area contributed by atoms with Crippen molar-refractivity contribution < 1.29 is 17.7 Å². The minimum Gasteiger partial charge on any atom is -0.329 e. The molecule has 0 saturated heterocycles. The molecule has 0 unspecified atom stereocenters. The molecule has 0 amide bonds. The molecule has 0 aliphatic rings. The van der Waals surface area contributed by atoms with Crippen LogP contribution in [0.3, 0.4) is 0 Å². The van der Waals surface area contributed by atoms with Crippen LogP contribution < -0.4 is 4.90 Å². The fourth-order valence-electron chi connectivity index (χ4n) is 2.69. The maximum Gasteiger partial charge on any atom is 0.471 e. The third-order valence-electron chi connectivity index (χ3n) is 3.90. The normalized spacial score (nSPS) is 11.6. The van der Waals surface area contributed by atoms with Gasteiger partial charge in [-0.3, -0.25) is 9.88 Å². The van der Waals surface area contributed by atoms with Gasteiger partial charge in [0.15, 0.2) is 5.82 Å². The van der Waals surface area contributed by atoms with Crippen LogP contribution in [0.4, 0.5) is 24.9 Å². The second kappa shape index (κ2) is 7.78. The molecule has 4 aromatic heterocycles. The lowest BCUT2D eigenvalue weighted by atomic mass is 10.3. The fraction of sp³-hybridized carbons (Fsp3) is 0.222. The van der Waals surface area contributed by atoms with Crippen molar-refractivity contribution in [3.63, 3.8) is 0 Å². The van der Waals surface area contributed by atoms with Gasteiger partial charge < -0.3 is 4.52 Å². The van der Waals surface area contributed by atoms with Crippen LogP contribution in [-0.4, -0.2) is 30.1 Å². The number of halogens is 3. The molecular formula is C18H14F3N7OS. The predicted octanol–water partition coefficient (Wildman–Crippen LogP) is 4.35. The van der Waals surface area contributed by atoms with E-state index in [1.54, 1.807) is 35.6 Å². The standard InChI is InChI=1S/C18H14F3N7OS/c1-10-7-11(2)25-17(24-10)28(14-8-22-5-6-23-14)9-12-3-4-13(30-12)15-26-16(29-27-15)18(19,20)21/h3-8H,9H2,1-2H3. The van der Waals surface area contributed by atoms with Crippen LogP contribution in [-0.2, 0) is 12.7 Å². The molecule has 0 spiro atoms. The first kappa shape index (κ1) is 19.9. The molecule has 8 nitrogen and oxygen atoms in total. The van der Waals surface area contributed by atoms with E-state index < -0.39 is 12.1 Å². The molecule has 0 radical (unpaired) electrons. The summed E-state index contributed by atoms with van der Waals surface area (Å²) in [5.41, 5.74) is 1.59. The number of thiophene rings is 1. The topological polar surface area (TPSA) is 93.7 Å². The van der Waals surface area contributed by atoms with Gasteiger partial charge in [0.1, 0.15) is 0 Å². The van der Waals surface area contributed by atoms with Crippen LogP contribution in [0.2, 0.25) is 0 Å². The lowest BCUT2D eigenvalue weighted by molar-refractivity contribution is -0.159. The zero-order chi connectivity index (χ0) is 21.3. The van der Waals surface area contributed by atoms with Crippen molar-refractivity contribution in [2.24, 2.45) is 0 Å². The molecular weight excluding hydrogens is 419 g/mol. The van der Waals surface area contributed by atoms with Crippen molar-refractivity contribution in [2.75, 3.05) is 4.90 Å². The van der Waals surface area contributed by atoms with Gasteiger partial charge in [0.25, 0.3) is 0 Å². The summed E-state index contributed by atoms with van der Waals surface area (Å²) in [6.07, 6.45) is 0.0173. The van der Waals surface area contributed by atoms with E-state index in [2.05, 4.69) is 34.6 Å². The summed E-state index contributed by atoms with van der Waals surface area (Å²) in [6, 6.07) is 5.27. The predicted molar refractivity (Wildman–Crippen MR) is 102 cm³/mol. The molecule has 12 heteroatoms. The van der Waals surface area contributed by atoms with Gasteiger partial charge >= 0.3 is 12.1 Å². The quantitative estimate of drug-likeness (QED) is 0.459. The minimum absolute atomic E-state index is 0.118. The number of rotatable bonds is 5. The highest BCUT2D eigenvalue weighted by Crippen LogP contribution is 2.33. The zero-order valence-corrected chi connectivity index (χ0v) is 16.6. The van der Waals surface area contributed by atoms with Gasteiger partial charge in [-0.1, -0.05) is 5.16 Å². The summed E-state index contributed by atoms with van der Waals surface area (Å²) in [5.74, 6) is -0.511. The van der Waals surface area contributed by atoms with Crippen molar-refractivity contribution in [1.82, 2.24) is 30.1 Å². The Morgan fingerprint density at radius 2 is 1.83 bits per heavy atom. The van der Waals surface area contributed by atoms with Crippen molar-refractivity contribution in [3.05, 3.63) is 58.9 Å². The van der Waals surface area contributed by atoms with E-state index in [1.165, 1.54) is 11.3 Å². The van der Waals surface area contributed by atoms with Gasteiger partial charge in [0.05, 0.1) is 17.6 Å². The Balaban J connectivity index is 1.65. The van der Waals surface area contributed by atoms with Crippen LogP contribution in [0.1, 0.15) is 22.2 Å². The van der Waals surface area contributed by atoms with Gasteiger partial charge in [0, 0.05) is 28.7 Å². The molecule has 0 atom stereocenters. The van der Waals surface area contributed by atoms with E-state index in [1.807, 2.05) is 19.9 Å². The Kier molecular flexibility index (Phi) is 5.16. The highest BCUT2D eigenvalue weighted by Gasteiger charge is 2.38. The Morgan fingerprint density at radius 3 is 2.47 bits per heavy atom. The van der Waals surface area contributed by atoms with Crippen LogP contribution in [0.15, 0.2) is 41.3 Å². The van der Waals surface area contributed by atoms with Crippen molar-refractivity contribution in [1.29, 1.82) is 0 Å². The molecule has 4 heterocycles. The highest BCUT2D eigenvalue weighted by atomic mass is 32.1. The van der Waals surface area contributed by atoms with E-state index in [0.29, 0.717) is 23.2 Å². The van der Waals surface area contributed by atoms with Crippen LogP contribution in [0, 0.1) is 13.8 Å². The lowest BCUT2D eigenvalue weighted by Gasteiger charge is -2.21. The molecule has 30 heavy (non-hydrogen) atoms. The molecule has 0 fully saturated rings. The number of hydrogen-bond donors (Lipinski definition) is 0. The summed E-state index contributed by atoms with van der Waals surface area (Å²) in [6.45, 7) is 4.06. The zero-order valence-electron chi connectivity index (χ0n) is 15.8. The Hall–Kier alpha value is -3.41. The number of aryl methyl sites for hydroxylation is 2. The first-order chi connectivity index (χ1) is 14.3. The van der Waals surface area contributed by atoms with Gasteiger partial charge in [-0.25, -0.2) is 15.0 Å². The van der Waals surface area contributed by atoms with E-state index in [4.69, 9.17) is 0 Å². The van der Waals surface area contributed by atoms with Crippen LogP contribution in [0.25, 0.3) is 10.7 Å². The molecule has 0 N–H and O–H groups in total. The van der Waals surface area contributed by atoms with Crippen molar-refractivity contribution in [2.45, 2.75) is 26.6 Å². The minimum atomic E-state index is -4.69. The van der Waals surface area contributed by atoms with Gasteiger partial charge in [0.2, 0.25) is 11.8 Å². The van der Waals surface area contributed by atoms with Gasteiger partial charge in [-0.05, 0) is 32.0 Å². The number of aromatic nitrogens is 6. The van der Waals surface area contributed by atoms with E-state index in [9.17, 15) is 13.2 Å². The van der Waals surface area contributed by atoms with E-state index >= 15 is 0 Å². The number of nitrogens with zero attached hydrogens (tertiary/aromatic N) is 7. The molecule has 4 rings (SSSR count). The number of hydrogen-bond acceptors (Lipinski definition) is 9. The average Bonchev–Trinajstić information content (AvgIpc) is 3.35. The van der Waals surface area contributed by atoms with Crippen molar-refractivity contribution >= 4 is 23.1 Å². The first-order valence-electron chi connectivity index (χ1n) is 8.65. The molecule has 0 aromatic carbocycles. The first-order valence-corrected chi connectivity index (χ1v) is 9.47. The molecule has 0 bridgehead atoms. The van der Waals surface area contributed by atoms with E-state index in [-0.39, 0.29) is 5.82 Å². The third-order valence-corrected chi connectivity index (χ3v) is 4.97. The fourth-order valence-corrected chi connectivity index (χ4v) is 3.61. The second-order valence-corrected chi connectivity index (χ2v) is 7.46. The SMILES string of the molecule is Cc1cc(C)nc(N(Cc2ccc(-c3noc(C(F)(F)F)n3)s2)c2cnccn2)n1. The van der Waals surface area contributed by atoms with E-state index in [0.717, 1.165) is 16.3 Å². The highest BCUT2D eigenvalue weighted by molar-refractivity contribution is 7.15. The Labute approximate surface area is 172 Å². The monoisotopic (exact) mass is 433 g/mol. The second-order valence-electron chi connectivity index (χ2n) is 6.29. The van der Waals surface area contributed by atoms with Crippen molar-refractivity contribution in [3.8, 4) is 10.7 Å². The summed E-state index contributed by atoms with van der Waals surface area (Å²) in [7, 11) is 0. The molecule has 0 aliphatic heterocycles. The summed E-state index contributed by atoms with van der Waals surface area (Å²) in [5, 5.41) is 3.43. The maximum atomic E-state index is 12.7. The maximum absolute atomic E-state index is 12.7. The summed E-state index contributed by atoms with van der Waals surface area (Å²) >= 11 is 1.24. The van der Waals surface area contributed by atoms with Gasteiger partial charge in [-0.2, -0.15) is 18.2 Å². The molecule has 0 aliphatic carbocycles. The number of anilines is 2. The Morgan fingerprint density at radius 1 is 1.07 bits per heavy atom.